The molecule has 2 nitrogen and oxygen atoms in total. The van der Waals surface area contributed by atoms with E-state index < -0.39 is 6.10 Å². The summed E-state index contributed by atoms with van der Waals surface area (Å²) in [6.07, 6.45) is 1.58. The third kappa shape index (κ3) is 2.40. The predicted octanol–water partition coefficient (Wildman–Crippen LogP) is 3.77. The van der Waals surface area contributed by atoms with Crippen molar-refractivity contribution >= 4 is 11.3 Å². The molecule has 19 heavy (non-hydrogen) atoms. The van der Waals surface area contributed by atoms with Gasteiger partial charge in [0.15, 0.2) is 0 Å². The van der Waals surface area contributed by atoms with E-state index in [-0.39, 0.29) is 0 Å². The van der Waals surface area contributed by atoms with Crippen molar-refractivity contribution in [2.45, 2.75) is 32.8 Å². The maximum absolute atomic E-state index is 10.5. The Morgan fingerprint density at radius 2 is 2.11 bits per heavy atom. The molecule has 1 aliphatic heterocycles. The van der Waals surface area contributed by atoms with Crippen LogP contribution >= 0.6 is 11.3 Å². The molecule has 3 heteroatoms. The first kappa shape index (κ1) is 12.7. The first-order chi connectivity index (χ1) is 9.15. The first-order valence-corrected chi connectivity index (χ1v) is 7.47. The molecule has 0 amide bonds. The molecule has 100 valence electrons. The van der Waals surface area contributed by atoms with Crippen molar-refractivity contribution in [2.75, 3.05) is 6.61 Å². The Hall–Kier alpha value is -1.32. The monoisotopic (exact) mass is 274 g/mol. The third-order valence-corrected chi connectivity index (χ3v) is 4.91. The summed E-state index contributed by atoms with van der Waals surface area (Å²) in [5.74, 6) is 0.973. The average molecular weight is 274 g/mol. The Morgan fingerprint density at radius 1 is 1.26 bits per heavy atom. The summed E-state index contributed by atoms with van der Waals surface area (Å²) in [6.45, 7) is 4.98. The number of aryl methyl sites for hydroxylation is 3. The number of hydrogen-bond donors (Lipinski definition) is 1. The summed E-state index contributed by atoms with van der Waals surface area (Å²) in [4.78, 5) is 2.29. The van der Waals surface area contributed by atoms with Crippen LogP contribution < -0.4 is 4.74 Å². The molecule has 0 saturated carbocycles. The zero-order valence-electron chi connectivity index (χ0n) is 11.3. The fourth-order valence-electron chi connectivity index (χ4n) is 2.45. The second-order valence-corrected chi connectivity index (χ2v) is 6.40. The summed E-state index contributed by atoms with van der Waals surface area (Å²) in [5, 5.41) is 10.5. The maximum Gasteiger partial charge on any atom is 0.122 e. The van der Waals surface area contributed by atoms with Crippen LogP contribution in [0, 0.1) is 13.8 Å². The lowest BCUT2D eigenvalue weighted by Crippen LogP contribution is -2.09. The molecule has 0 spiro atoms. The predicted molar refractivity (Wildman–Crippen MR) is 78.1 cm³/mol. The van der Waals surface area contributed by atoms with Crippen LogP contribution in [0.15, 0.2) is 24.3 Å². The smallest absolute Gasteiger partial charge is 0.122 e. The second kappa shape index (κ2) is 4.99. The Balaban J connectivity index is 1.93. The van der Waals surface area contributed by atoms with E-state index in [2.05, 4.69) is 26.0 Å². The average Bonchev–Trinajstić information content (AvgIpc) is 2.77. The van der Waals surface area contributed by atoms with E-state index in [0.29, 0.717) is 0 Å². The van der Waals surface area contributed by atoms with Crippen LogP contribution in [0.1, 0.15) is 39.0 Å². The fourth-order valence-corrected chi connectivity index (χ4v) is 3.51. The molecule has 1 aromatic heterocycles. The number of hydrogen-bond acceptors (Lipinski definition) is 3. The lowest BCUT2D eigenvalue weighted by atomic mass is 10.00. The minimum atomic E-state index is -0.523. The number of ether oxygens (including phenoxy) is 1. The number of fused-ring (bicyclic) bond motifs is 1. The van der Waals surface area contributed by atoms with Crippen molar-refractivity contribution < 1.29 is 9.84 Å². The molecule has 1 N–H and O–H groups in total. The molecule has 2 heterocycles. The third-order valence-electron chi connectivity index (χ3n) is 3.70. The Labute approximate surface area is 117 Å². The van der Waals surface area contributed by atoms with Gasteiger partial charge in [0.05, 0.1) is 6.61 Å². The molecule has 1 unspecified atom stereocenters. The summed E-state index contributed by atoms with van der Waals surface area (Å²) in [7, 11) is 0. The number of thiophene rings is 1. The number of rotatable bonds is 2. The van der Waals surface area contributed by atoms with Crippen LogP contribution in [0.3, 0.4) is 0 Å². The largest absolute Gasteiger partial charge is 0.493 e. The molecule has 1 aromatic carbocycles. The highest BCUT2D eigenvalue weighted by Crippen LogP contribution is 2.33. The summed E-state index contributed by atoms with van der Waals surface area (Å²) in [6, 6.07) is 8.13. The van der Waals surface area contributed by atoms with E-state index in [4.69, 9.17) is 4.74 Å². The summed E-state index contributed by atoms with van der Waals surface area (Å²) in [5.41, 5.74) is 3.43. The highest BCUT2D eigenvalue weighted by atomic mass is 32.1. The van der Waals surface area contributed by atoms with Gasteiger partial charge in [-0.1, -0.05) is 6.07 Å². The van der Waals surface area contributed by atoms with Gasteiger partial charge >= 0.3 is 0 Å². The summed E-state index contributed by atoms with van der Waals surface area (Å²) < 4.78 is 5.61. The van der Waals surface area contributed by atoms with Crippen LogP contribution in [0.25, 0.3) is 0 Å². The van der Waals surface area contributed by atoms with Gasteiger partial charge in [-0.3, -0.25) is 0 Å². The molecule has 0 saturated heterocycles. The van der Waals surface area contributed by atoms with Crippen molar-refractivity contribution in [3.63, 3.8) is 0 Å². The molecular weight excluding hydrogens is 256 g/mol. The quantitative estimate of drug-likeness (QED) is 0.903. The molecule has 1 atom stereocenters. The molecule has 0 aliphatic carbocycles. The van der Waals surface area contributed by atoms with Crippen LogP contribution in [0.4, 0.5) is 0 Å². The summed E-state index contributed by atoms with van der Waals surface area (Å²) >= 11 is 1.67. The number of benzene rings is 1. The molecule has 1 aliphatic rings. The number of aliphatic hydroxyl groups is 1. The van der Waals surface area contributed by atoms with Crippen LogP contribution in [-0.2, 0) is 6.42 Å². The molecule has 0 fully saturated rings. The standard InChI is InChI=1S/C16H18O2S/c1-10-8-15(19-11(10)2)16(17)13-5-6-14-12(9-13)4-3-7-18-14/h5-6,8-9,16-17H,3-4,7H2,1-2H3. The van der Waals surface area contributed by atoms with E-state index in [1.54, 1.807) is 11.3 Å². The van der Waals surface area contributed by atoms with Gasteiger partial charge in [-0.15, -0.1) is 11.3 Å². The van der Waals surface area contributed by atoms with Gasteiger partial charge in [0.1, 0.15) is 11.9 Å². The van der Waals surface area contributed by atoms with Crippen molar-refractivity contribution in [3.8, 4) is 5.75 Å². The molecule has 0 radical (unpaired) electrons. The molecule has 2 aromatic rings. The minimum Gasteiger partial charge on any atom is -0.493 e. The fraction of sp³-hybridized carbons (Fsp3) is 0.375. The minimum absolute atomic E-state index is 0.523. The zero-order valence-corrected chi connectivity index (χ0v) is 12.1. The van der Waals surface area contributed by atoms with E-state index in [1.165, 1.54) is 16.0 Å². The lowest BCUT2D eigenvalue weighted by molar-refractivity contribution is 0.223. The SMILES string of the molecule is Cc1cc(C(O)c2ccc3c(c2)CCCO3)sc1C. The topological polar surface area (TPSA) is 29.5 Å². The zero-order chi connectivity index (χ0) is 13.4. The van der Waals surface area contributed by atoms with Crippen LogP contribution in [-0.4, -0.2) is 11.7 Å². The second-order valence-electron chi connectivity index (χ2n) is 5.11. The van der Waals surface area contributed by atoms with Gasteiger partial charge in [0, 0.05) is 9.75 Å². The van der Waals surface area contributed by atoms with E-state index >= 15 is 0 Å². The Bertz CT molecular complexity index is 581. The van der Waals surface area contributed by atoms with Gasteiger partial charge in [-0.2, -0.15) is 0 Å². The van der Waals surface area contributed by atoms with Crippen molar-refractivity contribution in [3.05, 3.63) is 50.7 Å². The van der Waals surface area contributed by atoms with E-state index in [1.807, 2.05) is 12.1 Å². The van der Waals surface area contributed by atoms with E-state index in [9.17, 15) is 5.11 Å². The highest BCUT2D eigenvalue weighted by molar-refractivity contribution is 7.12. The van der Waals surface area contributed by atoms with Gasteiger partial charge in [0.2, 0.25) is 0 Å². The Kier molecular flexibility index (Phi) is 3.33. The van der Waals surface area contributed by atoms with Gasteiger partial charge in [-0.05, 0) is 61.6 Å². The first-order valence-electron chi connectivity index (χ1n) is 6.66. The van der Waals surface area contributed by atoms with E-state index in [0.717, 1.165) is 35.6 Å². The van der Waals surface area contributed by atoms with Crippen molar-refractivity contribution in [1.29, 1.82) is 0 Å². The maximum atomic E-state index is 10.5. The van der Waals surface area contributed by atoms with Crippen molar-refractivity contribution in [1.82, 2.24) is 0 Å². The lowest BCUT2D eigenvalue weighted by Gasteiger charge is -2.19. The molecule has 0 bridgehead atoms. The molecular formula is C16H18O2S. The van der Waals surface area contributed by atoms with Crippen LogP contribution in [0.5, 0.6) is 5.75 Å². The van der Waals surface area contributed by atoms with Gasteiger partial charge in [-0.25, -0.2) is 0 Å². The van der Waals surface area contributed by atoms with Gasteiger partial charge in [0.25, 0.3) is 0 Å². The highest BCUT2D eigenvalue weighted by Gasteiger charge is 2.17. The van der Waals surface area contributed by atoms with Crippen molar-refractivity contribution in [2.24, 2.45) is 0 Å². The van der Waals surface area contributed by atoms with Crippen LogP contribution in [0.2, 0.25) is 0 Å². The normalized spacial score (nSPS) is 15.7. The number of aliphatic hydroxyl groups excluding tert-OH is 1. The molecule has 3 rings (SSSR count). The Morgan fingerprint density at radius 3 is 2.84 bits per heavy atom. The van der Waals surface area contributed by atoms with Gasteiger partial charge < -0.3 is 9.84 Å².